The average Bonchev–Trinajstić information content (AvgIpc) is 2.64. The summed E-state index contributed by atoms with van der Waals surface area (Å²) in [6.07, 6.45) is 0.569. The van der Waals surface area contributed by atoms with Gasteiger partial charge in [-0.1, -0.05) is 0 Å². The Morgan fingerprint density at radius 1 is 1.35 bits per heavy atom. The second-order valence-corrected chi connectivity index (χ2v) is 6.87. The Kier molecular flexibility index (Phi) is 5.30. The molecule has 140 valence electrons. The normalized spacial score (nSPS) is 18.6. The number of pyridine rings is 1. The van der Waals surface area contributed by atoms with Crippen LogP contribution in [-0.4, -0.2) is 56.6 Å². The first kappa shape index (κ1) is 18.4. The van der Waals surface area contributed by atoms with Gasteiger partial charge in [-0.15, -0.1) is 0 Å². The molecular weight excluding hydrogens is 338 g/mol. The number of morpholine rings is 1. The Balaban J connectivity index is 2.06. The number of nitriles is 1. The lowest BCUT2D eigenvalue weighted by molar-refractivity contribution is -0.143. The van der Waals surface area contributed by atoms with E-state index in [0.717, 1.165) is 16.9 Å². The Morgan fingerprint density at radius 2 is 2.08 bits per heavy atom. The van der Waals surface area contributed by atoms with E-state index in [2.05, 4.69) is 20.7 Å². The quantitative estimate of drug-likeness (QED) is 0.738. The molecule has 1 fully saturated rings. The van der Waals surface area contributed by atoms with Crippen LogP contribution in [0, 0.1) is 11.3 Å². The molecule has 0 atom stereocenters. The third kappa shape index (κ3) is 3.74. The first-order valence-corrected chi connectivity index (χ1v) is 8.57. The van der Waals surface area contributed by atoms with Crippen LogP contribution in [0.25, 0.3) is 0 Å². The minimum atomic E-state index is -0.523. The molecular formula is C18H23N3O5. The SMILES string of the molecule is COC(=O)COc1nc(N2CCOCC2)c2c(c1C#N)CC(C)(C)OC2. The summed E-state index contributed by atoms with van der Waals surface area (Å²) in [5.41, 5.74) is 1.76. The van der Waals surface area contributed by atoms with Crippen LogP contribution in [0.2, 0.25) is 0 Å². The van der Waals surface area contributed by atoms with E-state index in [1.54, 1.807) is 0 Å². The highest BCUT2D eigenvalue weighted by atomic mass is 16.6. The molecule has 1 aromatic rings. The zero-order valence-electron chi connectivity index (χ0n) is 15.3. The maximum atomic E-state index is 11.5. The topological polar surface area (TPSA) is 93.9 Å². The predicted octanol–water partition coefficient (Wildman–Crippen LogP) is 1.19. The van der Waals surface area contributed by atoms with Crippen molar-refractivity contribution in [1.82, 2.24) is 4.98 Å². The maximum absolute atomic E-state index is 11.5. The summed E-state index contributed by atoms with van der Waals surface area (Å²) < 4.78 is 21.5. The van der Waals surface area contributed by atoms with Gasteiger partial charge in [0.1, 0.15) is 17.5 Å². The molecule has 0 bridgehead atoms. The maximum Gasteiger partial charge on any atom is 0.343 e. The van der Waals surface area contributed by atoms with Crippen LogP contribution in [-0.2, 0) is 32.0 Å². The smallest absolute Gasteiger partial charge is 0.343 e. The first-order chi connectivity index (χ1) is 12.4. The molecule has 2 aliphatic heterocycles. The van der Waals surface area contributed by atoms with Crippen molar-refractivity contribution in [2.45, 2.75) is 32.5 Å². The number of hydrogen-bond donors (Lipinski definition) is 0. The van der Waals surface area contributed by atoms with E-state index in [1.807, 2.05) is 13.8 Å². The van der Waals surface area contributed by atoms with Crippen molar-refractivity contribution in [3.05, 3.63) is 16.7 Å². The van der Waals surface area contributed by atoms with Gasteiger partial charge < -0.3 is 23.8 Å². The van der Waals surface area contributed by atoms with Crippen LogP contribution in [0.15, 0.2) is 0 Å². The number of methoxy groups -OCH3 is 1. The van der Waals surface area contributed by atoms with E-state index in [4.69, 9.17) is 14.2 Å². The first-order valence-electron chi connectivity index (χ1n) is 8.57. The lowest BCUT2D eigenvalue weighted by Crippen LogP contribution is -2.39. The molecule has 2 aliphatic rings. The lowest BCUT2D eigenvalue weighted by Gasteiger charge is -2.36. The average molecular weight is 361 g/mol. The van der Waals surface area contributed by atoms with Crippen LogP contribution >= 0.6 is 0 Å². The number of rotatable bonds is 4. The van der Waals surface area contributed by atoms with Crippen molar-refractivity contribution in [3.63, 3.8) is 0 Å². The summed E-state index contributed by atoms with van der Waals surface area (Å²) in [5, 5.41) is 9.71. The standard InChI is InChI=1S/C18H23N3O5/c1-18(2)8-12-13(9-19)17(25-11-15(22)23-3)20-16(14(12)10-26-18)21-4-6-24-7-5-21/h4-8,10-11H2,1-3H3. The molecule has 0 aliphatic carbocycles. The minimum absolute atomic E-state index is 0.163. The summed E-state index contributed by atoms with van der Waals surface area (Å²) in [7, 11) is 1.29. The number of aromatic nitrogens is 1. The molecule has 0 aromatic carbocycles. The monoisotopic (exact) mass is 361 g/mol. The number of esters is 1. The number of carbonyl (C=O) groups excluding carboxylic acids is 1. The van der Waals surface area contributed by atoms with Crippen molar-refractivity contribution < 1.29 is 23.7 Å². The fraction of sp³-hybridized carbons (Fsp3) is 0.611. The predicted molar refractivity (Wildman–Crippen MR) is 92.1 cm³/mol. The summed E-state index contributed by atoms with van der Waals surface area (Å²) in [4.78, 5) is 18.1. The molecule has 0 N–H and O–H groups in total. The molecule has 8 nitrogen and oxygen atoms in total. The lowest BCUT2D eigenvalue weighted by atomic mass is 9.89. The van der Waals surface area contributed by atoms with Gasteiger partial charge in [0.05, 0.1) is 32.5 Å². The summed E-state index contributed by atoms with van der Waals surface area (Å²) in [5.74, 6) is 0.374. The summed E-state index contributed by atoms with van der Waals surface area (Å²) in [6, 6.07) is 2.20. The van der Waals surface area contributed by atoms with Crippen molar-refractivity contribution in [3.8, 4) is 11.9 Å². The largest absolute Gasteiger partial charge is 0.466 e. The van der Waals surface area contributed by atoms with Gasteiger partial charge in [-0.25, -0.2) is 4.79 Å². The zero-order valence-corrected chi connectivity index (χ0v) is 15.3. The minimum Gasteiger partial charge on any atom is -0.466 e. The second kappa shape index (κ2) is 7.48. The number of carbonyl (C=O) groups is 1. The Labute approximate surface area is 152 Å². The third-order valence-corrected chi connectivity index (χ3v) is 4.54. The highest BCUT2D eigenvalue weighted by Gasteiger charge is 2.34. The second-order valence-electron chi connectivity index (χ2n) is 6.87. The van der Waals surface area contributed by atoms with Crippen molar-refractivity contribution in [1.29, 1.82) is 5.26 Å². The van der Waals surface area contributed by atoms with Gasteiger partial charge in [-0.3, -0.25) is 0 Å². The van der Waals surface area contributed by atoms with Crippen molar-refractivity contribution in [2.75, 3.05) is 44.9 Å². The molecule has 3 heterocycles. The van der Waals surface area contributed by atoms with E-state index in [0.29, 0.717) is 44.9 Å². The van der Waals surface area contributed by atoms with Crippen LogP contribution in [0.1, 0.15) is 30.5 Å². The number of fused-ring (bicyclic) bond motifs is 1. The number of anilines is 1. The van der Waals surface area contributed by atoms with Crippen molar-refractivity contribution in [2.24, 2.45) is 0 Å². The molecule has 0 unspecified atom stereocenters. The summed E-state index contributed by atoms with van der Waals surface area (Å²) >= 11 is 0. The van der Waals surface area contributed by atoms with Crippen LogP contribution < -0.4 is 9.64 Å². The van der Waals surface area contributed by atoms with E-state index >= 15 is 0 Å². The Morgan fingerprint density at radius 3 is 2.73 bits per heavy atom. The van der Waals surface area contributed by atoms with Gasteiger partial charge in [0.25, 0.3) is 0 Å². The molecule has 0 amide bonds. The molecule has 0 saturated carbocycles. The highest BCUT2D eigenvalue weighted by molar-refractivity contribution is 5.71. The molecule has 1 aromatic heterocycles. The number of ether oxygens (including phenoxy) is 4. The molecule has 8 heteroatoms. The molecule has 26 heavy (non-hydrogen) atoms. The number of hydrogen-bond acceptors (Lipinski definition) is 8. The molecule has 1 saturated heterocycles. The molecule has 3 rings (SSSR count). The fourth-order valence-corrected chi connectivity index (χ4v) is 3.17. The van der Waals surface area contributed by atoms with E-state index in [1.165, 1.54) is 7.11 Å². The fourth-order valence-electron chi connectivity index (χ4n) is 3.17. The Hall–Kier alpha value is -2.37. The number of nitrogens with zero attached hydrogens (tertiary/aromatic N) is 3. The van der Waals surface area contributed by atoms with Crippen molar-refractivity contribution >= 4 is 11.8 Å². The van der Waals surface area contributed by atoms with Gasteiger partial charge >= 0.3 is 5.97 Å². The van der Waals surface area contributed by atoms with Gasteiger partial charge in [0.2, 0.25) is 5.88 Å². The van der Waals surface area contributed by atoms with Crippen LogP contribution in [0.4, 0.5) is 5.82 Å². The zero-order chi connectivity index (χ0) is 18.7. The van der Waals surface area contributed by atoms with Gasteiger partial charge in [0, 0.05) is 25.1 Å². The highest BCUT2D eigenvalue weighted by Crippen LogP contribution is 2.38. The van der Waals surface area contributed by atoms with Gasteiger partial charge in [-0.2, -0.15) is 10.2 Å². The van der Waals surface area contributed by atoms with E-state index in [-0.39, 0.29) is 18.1 Å². The molecule has 0 spiro atoms. The third-order valence-electron chi connectivity index (χ3n) is 4.54. The van der Waals surface area contributed by atoms with Gasteiger partial charge in [0.15, 0.2) is 6.61 Å². The van der Waals surface area contributed by atoms with Gasteiger partial charge in [-0.05, 0) is 19.4 Å². The van der Waals surface area contributed by atoms with E-state index in [9.17, 15) is 10.1 Å². The Bertz CT molecular complexity index is 735. The van der Waals surface area contributed by atoms with Crippen LogP contribution in [0.3, 0.4) is 0 Å². The molecule has 0 radical (unpaired) electrons. The van der Waals surface area contributed by atoms with E-state index < -0.39 is 5.97 Å². The van der Waals surface area contributed by atoms with Crippen LogP contribution in [0.5, 0.6) is 5.88 Å². The summed E-state index contributed by atoms with van der Waals surface area (Å²) in [6.45, 7) is 6.69.